The predicted octanol–water partition coefficient (Wildman–Crippen LogP) is 5.15. The van der Waals surface area contributed by atoms with Gasteiger partial charge in [-0.3, -0.25) is 0 Å². The first kappa shape index (κ1) is 15.0. The highest BCUT2D eigenvalue weighted by Crippen LogP contribution is 2.14. The third-order valence-electron chi connectivity index (χ3n) is 1.90. The average Bonchev–Trinajstić information content (AvgIpc) is 2.32. The fourth-order valence-electron chi connectivity index (χ4n) is 1.31. The van der Waals surface area contributed by atoms with Crippen molar-refractivity contribution in [3.05, 3.63) is 48.0 Å². The van der Waals surface area contributed by atoms with E-state index in [0.29, 0.717) is 0 Å². The summed E-state index contributed by atoms with van der Waals surface area (Å²) in [5.74, 6) is 0. The molecule has 0 heterocycles. The molecule has 0 radical (unpaired) electrons. The molecule has 2 aromatic rings. The number of thioether (sulfide) groups is 1. The highest BCUT2D eigenvalue weighted by molar-refractivity contribution is 7.97. The van der Waals surface area contributed by atoms with Crippen LogP contribution in [0.5, 0.6) is 0 Å². The van der Waals surface area contributed by atoms with Crippen LogP contribution in [0, 0.1) is 6.92 Å². The second-order valence-electron chi connectivity index (χ2n) is 3.26. The SMILES string of the molecule is CC.CSC.Cc1ccc2ccccc2c1. The van der Waals surface area contributed by atoms with Crippen LogP contribution in [-0.4, -0.2) is 12.5 Å². The minimum atomic E-state index is 1.32. The molecule has 0 aliphatic rings. The zero-order valence-corrected chi connectivity index (χ0v) is 11.8. The predicted molar refractivity (Wildman–Crippen MR) is 79.5 cm³/mol. The first-order valence-corrected chi connectivity index (χ1v) is 7.26. The molecule has 16 heavy (non-hydrogen) atoms. The van der Waals surface area contributed by atoms with Crippen molar-refractivity contribution < 1.29 is 0 Å². The van der Waals surface area contributed by atoms with Crippen molar-refractivity contribution in [2.75, 3.05) is 12.5 Å². The van der Waals surface area contributed by atoms with Crippen LogP contribution in [-0.2, 0) is 0 Å². The van der Waals surface area contributed by atoms with E-state index in [1.807, 2.05) is 26.4 Å². The van der Waals surface area contributed by atoms with Gasteiger partial charge < -0.3 is 0 Å². The lowest BCUT2D eigenvalue weighted by Gasteiger charge is -1.96. The fourth-order valence-corrected chi connectivity index (χ4v) is 1.31. The number of rotatable bonds is 0. The van der Waals surface area contributed by atoms with E-state index in [0.717, 1.165) is 0 Å². The second kappa shape index (κ2) is 9.29. The lowest BCUT2D eigenvalue weighted by atomic mass is 10.1. The van der Waals surface area contributed by atoms with Crippen molar-refractivity contribution >= 4 is 22.5 Å². The maximum Gasteiger partial charge on any atom is -0.0181 e. The van der Waals surface area contributed by atoms with Gasteiger partial charge in [-0.1, -0.05) is 61.9 Å². The van der Waals surface area contributed by atoms with Gasteiger partial charge in [0.15, 0.2) is 0 Å². The Bertz CT molecular complexity index is 393. The molecule has 2 aromatic carbocycles. The summed E-state index contributed by atoms with van der Waals surface area (Å²) in [5.41, 5.74) is 1.32. The molecule has 0 spiro atoms. The van der Waals surface area contributed by atoms with Crippen LogP contribution < -0.4 is 0 Å². The molecule has 0 unspecified atom stereocenters. The summed E-state index contributed by atoms with van der Waals surface area (Å²) in [5, 5.41) is 2.64. The van der Waals surface area contributed by atoms with E-state index in [-0.39, 0.29) is 0 Å². The van der Waals surface area contributed by atoms with Crippen LogP contribution in [0.2, 0.25) is 0 Å². The number of aryl methyl sites for hydroxylation is 1. The first-order chi connectivity index (χ1) is 7.77. The molecule has 0 saturated heterocycles. The zero-order valence-electron chi connectivity index (χ0n) is 10.9. The number of hydrogen-bond acceptors (Lipinski definition) is 1. The van der Waals surface area contributed by atoms with E-state index in [4.69, 9.17) is 0 Å². The molecular weight excluding hydrogens is 212 g/mol. The molecular formula is C15H22S. The molecule has 0 atom stereocenters. The summed E-state index contributed by atoms with van der Waals surface area (Å²) in [6.07, 6.45) is 4.08. The van der Waals surface area contributed by atoms with E-state index in [9.17, 15) is 0 Å². The Kier molecular flexibility index (Phi) is 8.74. The quantitative estimate of drug-likeness (QED) is 0.607. The van der Waals surface area contributed by atoms with Gasteiger partial charge in [-0.25, -0.2) is 0 Å². The number of benzene rings is 2. The highest BCUT2D eigenvalue weighted by Gasteiger charge is 1.89. The standard InChI is InChI=1S/C11H10.C2H6S.C2H6/c1-9-6-7-10-4-2-3-5-11(10)8-9;1-3-2;1-2/h2-8H,1H3;1-2H3;1-2H3. The van der Waals surface area contributed by atoms with Gasteiger partial charge in [0, 0.05) is 0 Å². The lowest BCUT2D eigenvalue weighted by Crippen LogP contribution is -1.73. The molecule has 0 amide bonds. The highest BCUT2D eigenvalue weighted by atomic mass is 32.2. The number of fused-ring (bicyclic) bond motifs is 1. The summed E-state index contributed by atoms with van der Waals surface area (Å²) < 4.78 is 0. The summed E-state index contributed by atoms with van der Waals surface area (Å²) >= 11 is 1.75. The monoisotopic (exact) mass is 234 g/mol. The van der Waals surface area contributed by atoms with Crippen LogP contribution in [0.15, 0.2) is 42.5 Å². The Morgan fingerprint density at radius 2 is 1.31 bits per heavy atom. The molecule has 0 nitrogen and oxygen atoms in total. The van der Waals surface area contributed by atoms with Crippen molar-refractivity contribution in [3.8, 4) is 0 Å². The molecule has 0 N–H and O–H groups in total. The molecule has 1 heteroatoms. The molecule has 0 aromatic heterocycles. The molecule has 2 rings (SSSR count). The van der Waals surface area contributed by atoms with Gasteiger partial charge in [0.1, 0.15) is 0 Å². The minimum Gasteiger partial charge on any atom is -0.169 e. The van der Waals surface area contributed by atoms with E-state index in [1.165, 1.54) is 16.3 Å². The molecule has 88 valence electrons. The third kappa shape index (κ3) is 5.22. The van der Waals surface area contributed by atoms with Gasteiger partial charge in [0.25, 0.3) is 0 Å². The van der Waals surface area contributed by atoms with Gasteiger partial charge in [0.05, 0.1) is 0 Å². The van der Waals surface area contributed by atoms with Crippen molar-refractivity contribution in [2.45, 2.75) is 20.8 Å². The summed E-state index contributed by atoms with van der Waals surface area (Å²) in [6.45, 7) is 6.12. The van der Waals surface area contributed by atoms with Crippen LogP contribution in [0.4, 0.5) is 0 Å². The lowest BCUT2D eigenvalue weighted by molar-refractivity contribution is 1.50. The maximum absolute atomic E-state index is 2.20. The smallest absolute Gasteiger partial charge is 0.0181 e. The molecule has 0 aliphatic carbocycles. The van der Waals surface area contributed by atoms with Gasteiger partial charge >= 0.3 is 0 Å². The Morgan fingerprint density at radius 1 is 0.812 bits per heavy atom. The third-order valence-corrected chi connectivity index (χ3v) is 1.90. The number of hydrogen-bond donors (Lipinski definition) is 0. The van der Waals surface area contributed by atoms with Gasteiger partial charge in [-0.15, -0.1) is 0 Å². The summed E-state index contributed by atoms with van der Waals surface area (Å²) in [6, 6.07) is 14.9. The molecule has 0 fully saturated rings. The van der Waals surface area contributed by atoms with E-state index in [2.05, 4.69) is 49.4 Å². The van der Waals surface area contributed by atoms with Crippen molar-refractivity contribution in [2.24, 2.45) is 0 Å². The second-order valence-corrected chi connectivity index (χ2v) is 4.08. The van der Waals surface area contributed by atoms with Crippen LogP contribution >= 0.6 is 11.8 Å². The van der Waals surface area contributed by atoms with Crippen molar-refractivity contribution in [3.63, 3.8) is 0 Å². The summed E-state index contributed by atoms with van der Waals surface area (Å²) in [7, 11) is 0. The molecule has 0 saturated carbocycles. The van der Waals surface area contributed by atoms with Crippen LogP contribution in [0.3, 0.4) is 0 Å². The van der Waals surface area contributed by atoms with Gasteiger partial charge in [-0.05, 0) is 30.2 Å². The van der Waals surface area contributed by atoms with E-state index >= 15 is 0 Å². The van der Waals surface area contributed by atoms with Gasteiger partial charge in [0.2, 0.25) is 0 Å². The normalized spacial score (nSPS) is 8.56. The Hall–Kier alpha value is -0.950. The van der Waals surface area contributed by atoms with Crippen molar-refractivity contribution in [1.82, 2.24) is 0 Å². The molecule has 0 bridgehead atoms. The Morgan fingerprint density at radius 3 is 1.88 bits per heavy atom. The molecule has 0 aliphatic heterocycles. The van der Waals surface area contributed by atoms with Crippen LogP contribution in [0.25, 0.3) is 10.8 Å². The largest absolute Gasteiger partial charge is 0.169 e. The topological polar surface area (TPSA) is 0 Å². The maximum atomic E-state index is 2.20. The van der Waals surface area contributed by atoms with Gasteiger partial charge in [-0.2, -0.15) is 11.8 Å². The fraction of sp³-hybridized carbons (Fsp3) is 0.333. The zero-order chi connectivity index (χ0) is 12.4. The Balaban J connectivity index is 0.000000394. The minimum absolute atomic E-state index is 1.32. The van der Waals surface area contributed by atoms with E-state index < -0.39 is 0 Å². The van der Waals surface area contributed by atoms with E-state index in [1.54, 1.807) is 11.8 Å². The average molecular weight is 234 g/mol. The first-order valence-electron chi connectivity index (χ1n) is 5.63. The Labute approximate surface area is 104 Å². The summed E-state index contributed by atoms with van der Waals surface area (Å²) in [4.78, 5) is 0. The van der Waals surface area contributed by atoms with Crippen molar-refractivity contribution in [1.29, 1.82) is 0 Å². The van der Waals surface area contributed by atoms with Crippen LogP contribution in [0.1, 0.15) is 19.4 Å².